The van der Waals surface area contributed by atoms with E-state index >= 15 is 0 Å². The molecule has 1 atom stereocenters. The van der Waals surface area contributed by atoms with E-state index in [0.29, 0.717) is 23.1 Å². The van der Waals surface area contributed by atoms with Crippen LogP contribution in [0.4, 0.5) is 0 Å². The van der Waals surface area contributed by atoms with Crippen molar-refractivity contribution in [3.8, 4) is 0 Å². The SMILES string of the molecule is CCS(=O)c1ccccc1C(=O)OCC(=O)NCC1CCCCC1. The average molecular weight is 351 g/mol. The second-order valence-electron chi connectivity index (χ2n) is 6.01. The van der Waals surface area contributed by atoms with Gasteiger partial charge in [0.25, 0.3) is 5.91 Å². The van der Waals surface area contributed by atoms with Crippen molar-refractivity contribution in [3.63, 3.8) is 0 Å². The molecule has 0 saturated heterocycles. The summed E-state index contributed by atoms with van der Waals surface area (Å²) in [4.78, 5) is 24.5. The number of rotatable bonds is 7. The molecule has 1 fully saturated rings. The highest BCUT2D eigenvalue weighted by Crippen LogP contribution is 2.22. The Morgan fingerprint density at radius 2 is 1.92 bits per heavy atom. The maximum Gasteiger partial charge on any atom is 0.339 e. The second kappa shape index (κ2) is 9.57. The Morgan fingerprint density at radius 3 is 2.62 bits per heavy atom. The zero-order valence-corrected chi connectivity index (χ0v) is 14.9. The van der Waals surface area contributed by atoms with Gasteiger partial charge < -0.3 is 10.1 Å². The third kappa shape index (κ3) is 5.44. The summed E-state index contributed by atoms with van der Waals surface area (Å²) in [5.41, 5.74) is 0.262. The van der Waals surface area contributed by atoms with Crippen LogP contribution in [0.1, 0.15) is 49.4 Å². The number of carbonyl (C=O) groups is 2. The van der Waals surface area contributed by atoms with Crippen molar-refractivity contribution in [3.05, 3.63) is 29.8 Å². The molecule has 0 bridgehead atoms. The van der Waals surface area contributed by atoms with Crippen LogP contribution in [-0.2, 0) is 20.3 Å². The predicted molar refractivity (Wildman–Crippen MR) is 93.3 cm³/mol. The maximum atomic E-state index is 12.2. The molecule has 1 aliphatic carbocycles. The number of benzene rings is 1. The highest BCUT2D eigenvalue weighted by molar-refractivity contribution is 7.85. The van der Waals surface area contributed by atoms with Crippen LogP contribution in [0.15, 0.2) is 29.2 Å². The van der Waals surface area contributed by atoms with Crippen LogP contribution in [0.3, 0.4) is 0 Å². The smallest absolute Gasteiger partial charge is 0.339 e. The molecule has 1 unspecified atom stereocenters. The lowest BCUT2D eigenvalue weighted by Crippen LogP contribution is -2.33. The number of esters is 1. The quantitative estimate of drug-likeness (QED) is 0.767. The van der Waals surface area contributed by atoms with Crippen molar-refractivity contribution < 1.29 is 18.5 Å². The first-order valence-electron chi connectivity index (χ1n) is 8.53. The molecule has 6 heteroatoms. The van der Waals surface area contributed by atoms with Crippen LogP contribution in [0.5, 0.6) is 0 Å². The first kappa shape index (κ1) is 18.6. The van der Waals surface area contributed by atoms with Crippen molar-refractivity contribution in [1.29, 1.82) is 0 Å². The summed E-state index contributed by atoms with van der Waals surface area (Å²) in [5, 5.41) is 2.83. The Balaban J connectivity index is 1.82. The van der Waals surface area contributed by atoms with E-state index in [1.165, 1.54) is 19.3 Å². The Morgan fingerprint density at radius 1 is 1.21 bits per heavy atom. The Kier molecular flexibility index (Phi) is 7.43. The monoisotopic (exact) mass is 351 g/mol. The van der Waals surface area contributed by atoms with E-state index in [-0.39, 0.29) is 18.1 Å². The molecule has 0 aliphatic heterocycles. The van der Waals surface area contributed by atoms with Crippen LogP contribution in [0.25, 0.3) is 0 Å². The fraction of sp³-hybridized carbons (Fsp3) is 0.556. The van der Waals surface area contributed by atoms with E-state index in [1.54, 1.807) is 31.2 Å². The lowest BCUT2D eigenvalue weighted by atomic mass is 9.89. The number of carbonyl (C=O) groups excluding carboxylic acids is 2. The maximum absolute atomic E-state index is 12.2. The van der Waals surface area contributed by atoms with E-state index in [2.05, 4.69) is 5.32 Å². The van der Waals surface area contributed by atoms with E-state index in [4.69, 9.17) is 4.74 Å². The highest BCUT2D eigenvalue weighted by Gasteiger charge is 2.18. The summed E-state index contributed by atoms with van der Waals surface area (Å²) < 4.78 is 17.1. The van der Waals surface area contributed by atoms with Gasteiger partial charge in [-0.1, -0.05) is 38.3 Å². The zero-order valence-electron chi connectivity index (χ0n) is 14.1. The van der Waals surface area contributed by atoms with Crippen LogP contribution >= 0.6 is 0 Å². The van der Waals surface area contributed by atoms with E-state index in [9.17, 15) is 13.8 Å². The summed E-state index contributed by atoms with van der Waals surface area (Å²) in [6.45, 7) is 2.13. The van der Waals surface area contributed by atoms with E-state index < -0.39 is 16.8 Å². The minimum absolute atomic E-state index is 0.262. The third-order valence-electron chi connectivity index (χ3n) is 4.26. The summed E-state index contributed by atoms with van der Waals surface area (Å²) in [6.07, 6.45) is 6.02. The molecule has 1 saturated carbocycles. The van der Waals surface area contributed by atoms with E-state index in [1.807, 2.05) is 0 Å². The lowest BCUT2D eigenvalue weighted by molar-refractivity contribution is -0.124. The van der Waals surface area contributed by atoms with Crippen LogP contribution < -0.4 is 5.32 Å². The normalized spacial score (nSPS) is 16.4. The first-order valence-corrected chi connectivity index (χ1v) is 9.85. The molecular weight excluding hydrogens is 326 g/mol. The van der Waals surface area contributed by atoms with Crippen molar-refractivity contribution in [1.82, 2.24) is 5.32 Å². The summed E-state index contributed by atoms with van der Waals surface area (Å²) in [5.74, 6) is 0.0564. The molecule has 1 aliphatic rings. The molecule has 24 heavy (non-hydrogen) atoms. The Hall–Kier alpha value is -1.69. The number of amides is 1. The van der Waals surface area contributed by atoms with Gasteiger partial charge in [-0.15, -0.1) is 0 Å². The van der Waals surface area contributed by atoms with Crippen LogP contribution in [0.2, 0.25) is 0 Å². The molecular formula is C18H25NO4S. The van der Waals surface area contributed by atoms with Gasteiger partial charge in [0.05, 0.1) is 21.3 Å². The van der Waals surface area contributed by atoms with Gasteiger partial charge in [0.1, 0.15) is 0 Å². The van der Waals surface area contributed by atoms with Crippen molar-refractivity contribution in [2.45, 2.75) is 43.9 Å². The molecule has 0 aromatic heterocycles. The average Bonchev–Trinajstić information content (AvgIpc) is 2.64. The summed E-state index contributed by atoms with van der Waals surface area (Å²) in [7, 11) is -1.24. The largest absolute Gasteiger partial charge is 0.452 e. The molecule has 1 aromatic rings. The first-order chi connectivity index (χ1) is 11.6. The third-order valence-corrected chi connectivity index (χ3v) is 5.63. The number of hydrogen-bond acceptors (Lipinski definition) is 4. The minimum atomic E-state index is -1.24. The standard InChI is InChI=1S/C18H25NO4S/c1-2-24(22)16-11-7-6-10-15(16)18(21)23-13-17(20)19-12-14-8-4-3-5-9-14/h6-7,10-11,14H,2-5,8-9,12-13H2,1H3,(H,19,20). The van der Waals surface area contributed by atoms with Crippen LogP contribution in [0, 0.1) is 5.92 Å². The van der Waals surface area contributed by atoms with E-state index in [0.717, 1.165) is 12.8 Å². The number of ether oxygens (including phenoxy) is 1. The molecule has 1 aromatic carbocycles. The molecule has 2 rings (SSSR count). The van der Waals surface area contributed by atoms with Gasteiger partial charge >= 0.3 is 5.97 Å². The molecule has 5 nitrogen and oxygen atoms in total. The molecule has 0 heterocycles. The van der Waals surface area contributed by atoms with Gasteiger partial charge in [0.15, 0.2) is 6.61 Å². The van der Waals surface area contributed by atoms with Crippen molar-refractivity contribution in [2.75, 3.05) is 18.9 Å². The second-order valence-corrected chi connectivity index (χ2v) is 7.72. The Bertz CT molecular complexity index is 596. The summed E-state index contributed by atoms with van der Waals surface area (Å²) >= 11 is 0. The topological polar surface area (TPSA) is 72.5 Å². The minimum Gasteiger partial charge on any atom is -0.452 e. The zero-order chi connectivity index (χ0) is 17.4. The molecule has 1 N–H and O–H groups in total. The van der Waals surface area contributed by atoms with Crippen molar-refractivity contribution >= 4 is 22.7 Å². The number of hydrogen-bond donors (Lipinski definition) is 1. The molecule has 1 amide bonds. The fourth-order valence-corrected chi connectivity index (χ4v) is 3.84. The lowest BCUT2D eigenvalue weighted by Gasteiger charge is -2.21. The fourth-order valence-electron chi connectivity index (χ4n) is 2.90. The summed E-state index contributed by atoms with van der Waals surface area (Å²) in [6, 6.07) is 6.65. The molecule has 132 valence electrons. The highest BCUT2D eigenvalue weighted by atomic mass is 32.2. The van der Waals surface area contributed by atoms with Gasteiger partial charge in [-0.3, -0.25) is 9.00 Å². The van der Waals surface area contributed by atoms with Crippen LogP contribution in [-0.4, -0.2) is 35.0 Å². The van der Waals surface area contributed by atoms with Gasteiger partial charge in [-0.25, -0.2) is 4.79 Å². The van der Waals surface area contributed by atoms with Gasteiger partial charge in [0, 0.05) is 12.3 Å². The van der Waals surface area contributed by atoms with Gasteiger partial charge in [0.2, 0.25) is 0 Å². The predicted octanol–water partition coefficient (Wildman–Crippen LogP) is 2.67. The van der Waals surface area contributed by atoms with Gasteiger partial charge in [-0.05, 0) is 30.9 Å². The molecule has 0 spiro atoms. The van der Waals surface area contributed by atoms with Gasteiger partial charge in [-0.2, -0.15) is 0 Å². The number of nitrogens with one attached hydrogen (secondary N) is 1. The van der Waals surface area contributed by atoms with Crippen molar-refractivity contribution in [2.24, 2.45) is 5.92 Å². The molecule has 0 radical (unpaired) electrons. The Labute approximate surface area is 145 Å².